The molecule has 1 aliphatic carbocycles. The fourth-order valence-corrected chi connectivity index (χ4v) is 4.18. The number of hydrogen-bond donors (Lipinski definition) is 1. The molecule has 1 aromatic heterocycles. The van der Waals surface area contributed by atoms with Crippen LogP contribution >= 0.6 is 27.3 Å². The molecule has 0 amide bonds. The second kappa shape index (κ2) is 5.35. The molecule has 1 nitrogen and oxygen atoms in total. The molecule has 0 saturated heterocycles. The lowest BCUT2D eigenvalue weighted by Gasteiger charge is -2.10. The van der Waals surface area contributed by atoms with E-state index in [4.69, 9.17) is 0 Å². The van der Waals surface area contributed by atoms with Gasteiger partial charge in [0.05, 0.1) is 4.47 Å². The van der Waals surface area contributed by atoms with Crippen LogP contribution in [0.15, 0.2) is 28.7 Å². The third-order valence-electron chi connectivity index (χ3n) is 3.56. The first-order valence-corrected chi connectivity index (χ1v) is 8.01. The summed E-state index contributed by atoms with van der Waals surface area (Å²) in [5, 5.41) is 10.4. The minimum absolute atomic E-state index is 0.341. The van der Waals surface area contributed by atoms with Crippen molar-refractivity contribution in [3.05, 3.63) is 55.4 Å². The summed E-state index contributed by atoms with van der Waals surface area (Å²) in [7, 11) is 0. The highest BCUT2D eigenvalue weighted by Gasteiger charge is 2.21. The van der Waals surface area contributed by atoms with Crippen LogP contribution < -0.4 is 0 Å². The van der Waals surface area contributed by atoms with E-state index in [2.05, 4.69) is 15.9 Å². The quantitative estimate of drug-likeness (QED) is 0.846. The van der Waals surface area contributed by atoms with E-state index in [1.807, 2.05) is 6.07 Å². The van der Waals surface area contributed by atoms with Gasteiger partial charge < -0.3 is 5.11 Å². The Morgan fingerprint density at radius 3 is 2.84 bits per heavy atom. The Hall–Kier alpha value is -0.710. The third kappa shape index (κ3) is 2.49. The molecule has 2 aromatic rings. The van der Waals surface area contributed by atoms with Gasteiger partial charge in [0.15, 0.2) is 0 Å². The highest BCUT2D eigenvalue weighted by molar-refractivity contribution is 9.10. The summed E-state index contributed by atoms with van der Waals surface area (Å²) >= 11 is 4.78. The highest BCUT2D eigenvalue weighted by Crippen LogP contribution is 2.36. The lowest BCUT2D eigenvalue weighted by atomic mass is 9.98. The summed E-state index contributed by atoms with van der Waals surface area (Å²) in [6.07, 6.45) is 3.74. The molecule has 1 unspecified atom stereocenters. The van der Waals surface area contributed by atoms with Gasteiger partial charge in [0.2, 0.25) is 0 Å². The molecule has 0 bridgehead atoms. The van der Waals surface area contributed by atoms with E-state index in [0.717, 1.165) is 17.7 Å². The average molecular weight is 341 g/mol. The second-order valence-corrected chi connectivity index (χ2v) is 6.87. The first-order valence-electron chi connectivity index (χ1n) is 6.40. The van der Waals surface area contributed by atoms with Crippen LogP contribution in [0.3, 0.4) is 0 Å². The standard InChI is InChI=1S/C15H14BrFOS/c16-11-6-3-5-10(14(11)17)15(18)13-8-9-4-1-2-7-12(9)19-13/h3,5-6,8,15,18H,1-2,4,7H2. The van der Waals surface area contributed by atoms with Crippen molar-refractivity contribution >= 4 is 27.3 Å². The van der Waals surface area contributed by atoms with E-state index in [9.17, 15) is 9.50 Å². The van der Waals surface area contributed by atoms with Crippen molar-refractivity contribution in [1.29, 1.82) is 0 Å². The topological polar surface area (TPSA) is 20.2 Å². The molecule has 19 heavy (non-hydrogen) atoms. The molecule has 1 aliphatic rings. The monoisotopic (exact) mass is 340 g/mol. The van der Waals surface area contributed by atoms with E-state index in [1.165, 1.54) is 23.3 Å². The molecule has 1 N–H and O–H groups in total. The van der Waals surface area contributed by atoms with E-state index < -0.39 is 6.10 Å². The molecule has 1 aromatic carbocycles. The smallest absolute Gasteiger partial charge is 0.143 e. The number of halogens is 2. The molecule has 1 atom stereocenters. The Kier molecular flexibility index (Phi) is 3.74. The van der Waals surface area contributed by atoms with Gasteiger partial charge in [-0.25, -0.2) is 4.39 Å². The fraction of sp³-hybridized carbons (Fsp3) is 0.333. The molecule has 0 aliphatic heterocycles. The van der Waals surface area contributed by atoms with Gasteiger partial charge in [-0.1, -0.05) is 12.1 Å². The summed E-state index contributed by atoms with van der Waals surface area (Å²) in [4.78, 5) is 2.21. The Balaban J connectivity index is 1.97. The van der Waals surface area contributed by atoms with Crippen LogP contribution in [-0.2, 0) is 12.8 Å². The Bertz CT molecular complexity index is 585. The zero-order valence-electron chi connectivity index (χ0n) is 10.3. The zero-order chi connectivity index (χ0) is 13.4. The van der Waals surface area contributed by atoms with Gasteiger partial charge in [-0.3, -0.25) is 0 Å². The molecular weight excluding hydrogens is 327 g/mol. The highest BCUT2D eigenvalue weighted by atomic mass is 79.9. The fourth-order valence-electron chi connectivity index (χ4n) is 2.53. The Morgan fingerprint density at radius 1 is 1.26 bits per heavy atom. The molecule has 100 valence electrons. The van der Waals surface area contributed by atoms with Gasteiger partial charge in [-0.05, 0) is 59.3 Å². The van der Waals surface area contributed by atoms with Crippen LogP contribution in [-0.4, -0.2) is 5.11 Å². The van der Waals surface area contributed by atoms with Crippen LogP contribution in [0.1, 0.15) is 39.8 Å². The van der Waals surface area contributed by atoms with Crippen molar-refractivity contribution in [2.75, 3.05) is 0 Å². The molecule has 0 saturated carbocycles. The number of rotatable bonds is 2. The van der Waals surface area contributed by atoms with Gasteiger partial charge in [0.25, 0.3) is 0 Å². The average Bonchev–Trinajstić information content (AvgIpc) is 2.85. The Labute approximate surface area is 124 Å². The first kappa shape index (κ1) is 13.3. The number of aliphatic hydroxyl groups excluding tert-OH is 1. The number of benzene rings is 1. The lowest BCUT2D eigenvalue weighted by molar-refractivity contribution is 0.218. The maximum Gasteiger partial charge on any atom is 0.143 e. The zero-order valence-corrected chi connectivity index (χ0v) is 12.7. The minimum atomic E-state index is -0.867. The maximum absolute atomic E-state index is 14.0. The van der Waals surface area contributed by atoms with Gasteiger partial charge >= 0.3 is 0 Å². The summed E-state index contributed by atoms with van der Waals surface area (Å²) in [6.45, 7) is 0. The first-order chi connectivity index (χ1) is 9.16. The third-order valence-corrected chi connectivity index (χ3v) is 5.46. The summed E-state index contributed by atoms with van der Waals surface area (Å²) < 4.78 is 14.4. The predicted molar refractivity (Wildman–Crippen MR) is 79.1 cm³/mol. The SMILES string of the molecule is OC(c1cc2c(s1)CCCC2)c1cccc(Br)c1F. The maximum atomic E-state index is 14.0. The van der Waals surface area contributed by atoms with Crippen LogP contribution in [0.25, 0.3) is 0 Å². The normalized spacial score (nSPS) is 16.2. The number of fused-ring (bicyclic) bond motifs is 1. The summed E-state index contributed by atoms with van der Waals surface area (Å²) in [6, 6.07) is 7.08. The van der Waals surface area contributed by atoms with Crippen molar-refractivity contribution in [2.24, 2.45) is 0 Å². The number of aryl methyl sites for hydroxylation is 2. The van der Waals surface area contributed by atoms with Gasteiger partial charge in [0, 0.05) is 15.3 Å². The molecule has 4 heteroatoms. The minimum Gasteiger partial charge on any atom is -0.383 e. The Morgan fingerprint density at radius 2 is 2.05 bits per heavy atom. The van der Waals surface area contributed by atoms with E-state index >= 15 is 0 Å². The van der Waals surface area contributed by atoms with Gasteiger partial charge in [-0.2, -0.15) is 0 Å². The molecule has 3 rings (SSSR count). The molecule has 0 radical (unpaired) electrons. The van der Waals surface area contributed by atoms with E-state index in [-0.39, 0.29) is 5.82 Å². The van der Waals surface area contributed by atoms with E-state index in [0.29, 0.717) is 10.0 Å². The summed E-state index contributed by atoms with van der Waals surface area (Å²) in [5.74, 6) is -0.374. The summed E-state index contributed by atoms with van der Waals surface area (Å²) in [5.41, 5.74) is 1.67. The number of aliphatic hydroxyl groups is 1. The second-order valence-electron chi connectivity index (χ2n) is 4.85. The van der Waals surface area contributed by atoms with Crippen molar-refractivity contribution in [3.8, 4) is 0 Å². The molecule has 0 fully saturated rings. The van der Waals surface area contributed by atoms with Crippen LogP contribution in [0.5, 0.6) is 0 Å². The van der Waals surface area contributed by atoms with Gasteiger partial charge in [-0.15, -0.1) is 11.3 Å². The van der Waals surface area contributed by atoms with Crippen molar-refractivity contribution in [2.45, 2.75) is 31.8 Å². The molecule has 1 heterocycles. The van der Waals surface area contributed by atoms with Crippen LogP contribution in [0.2, 0.25) is 0 Å². The largest absolute Gasteiger partial charge is 0.383 e. The van der Waals surface area contributed by atoms with Gasteiger partial charge in [0.1, 0.15) is 11.9 Å². The van der Waals surface area contributed by atoms with Crippen molar-refractivity contribution < 1.29 is 9.50 Å². The predicted octanol–water partition coefficient (Wildman–Crippen LogP) is 4.61. The van der Waals surface area contributed by atoms with Crippen LogP contribution in [0, 0.1) is 5.82 Å². The van der Waals surface area contributed by atoms with E-state index in [1.54, 1.807) is 29.5 Å². The van der Waals surface area contributed by atoms with Crippen molar-refractivity contribution in [1.82, 2.24) is 0 Å². The number of thiophene rings is 1. The van der Waals surface area contributed by atoms with Crippen LogP contribution in [0.4, 0.5) is 4.39 Å². The lowest BCUT2D eigenvalue weighted by Crippen LogP contribution is -2.01. The molecular formula is C15H14BrFOS. The van der Waals surface area contributed by atoms with Crippen molar-refractivity contribution in [3.63, 3.8) is 0 Å². The number of hydrogen-bond acceptors (Lipinski definition) is 2. The molecule has 0 spiro atoms.